The summed E-state index contributed by atoms with van der Waals surface area (Å²) in [6.07, 6.45) is -0.142. The Labute approximate surface area is 187 Å². The third-order valence-electron chi connectivity index (χ3n) is 5.60. The van der Waals surface area contributed by atoms with E-state index in [0.717, 1.165) is 6.54 Å². The van der Waals surface area contributed by atoms with Gasteiger partial charge in [0.2, 0.25) is 0 Å². The number of rotatable bonds is 3. The van der Waals surface area contributed by atoms with Crippen LogP contribution in [0.25, 0.3) is 0 Å². The van der Waals surface area contributed by atoms with E-state index in [2.05, 4.69) is 17.6 Å². The number of ether oxygens (including phenoxy) is 2. The highest BCUT2D eigenvalue weighted by atomic mass is 19.1. The van der Waals surface area contributed by atoms with Gasteiger partial charge in [0.1, 0.15) is 18.2 Å². The van der Waals surface area contributed by atoms with Crippen LogP contribution in [-0.4, -0.2) is 62.7 Å². The van der Waals surface area contributed by atoms with Crippen molar-refractivity contribution in [1.82, 2.24) is 10.2 Å². The second-order valence-corrected chi connectivity index (χ2v) is 8.20. The zero-order chi connectivity index (χ0) is 23.3. The standard InChI is InChI=1S/C24H30FN3O4/c1-15-12-26-16(2)14-32-21-10-9-17(27-23(29)18-7-5-6-8-20(18)25)11-19(21)24(30)28(3)13-22(15)31-4/h5-11,15-16,22,26H,12-14H2,1-4H3,(H,27,29)/t15-,16+,22+/m1/s1. The van der Waals surface area contributed by atoms with Gasteiger partial charge in [-0.1, -0.05) is 19.1 Å². The number of fused-ring (bicyclic) bond motifs is 1. The molecule has 2 amide bonds. The maximum Gasteiger partial charge on any atom is 0.258 e. The quantitative estimate of drug-likeness (QED) is 0.762. The summed E-state index contributed by atoms with van der Waals surface area (Å²) in [5.41, 5.74) is 0.614. The molecule has 0 radical (unpaired) electrons. The molecular weight excluding hydrogens is 413 g/mol. The van der Waals surface area contributed by atoms with Crippen LogP contribution in [0.4, 0.5) is 10.1 Å². The van der Waals surface area contributed by atoms with E-state index >= 15 is 0 Å². The van der Waals surface area contributed by atoms with Gasteiger partial charge in [-0.05, 0) is 43.2 Å². The first-order chi connectivity index (χ1) is 15.3. The molecule has 0 aromatic heterocycles. The van der Waals surface area contributed by atoms with E-state index in [1.54, 1.807) is 43.3 Å². The highest BCUT2D eigenvalue weighted by molar-refractivity contribution is 6.05. The summed E-state index contributed by atoms with van der Waals surface area (Å²) in [5, 5.41) is 6.10. The summed E-state index contributed by atoms with van der Waals surface area (Å²) >= 11 is 0. The van der Waals surface area contributed by atoms with Crippen LogP contribution in [0.15, 0.2) is 42.5 Å². The van der Waals surface area contributed by atoms with Gasteiger partial charge in [0.15, 0.2) is 0 Å². The van der Waals surface area contributed by atoms with E-state index in [4.69, 9.17) is 9.47 Å². The van der Waals surface area contributed by atoms with Gasteiger partial charge in [-0.25, -0.2) is 4.39 Å². The van der Waals surface area contributed by atoms with E-state index in [1.807, 2.05) is 6.92 Å². The number of halogens is 1. The van der Waals surface area contributed by atoms with Crippen LogP contribution < -0.4 is 15.4 Å². The predicted octanol–water partition coefficient (Wildman–Crippen LogP) is 3.17. The van der Waals surface area contributed by atoms with Gasteiger partial charge in [-0.3, -0.25) is 9.59 Å². The van der Waals surface area contributed by atoms with Crippen molar-refractivity contribution in [3.63, 3.8) is 0 Å². The van der Waals surface area contributed by atoms with Gasteiger partial charge in [0.25, 0.3) is 11.8 Å². The molecule has 0 aliphatic carbocycles. The normalized spacial score (nSPS) is 22.2. The Kier molecular flexibility index (Phi) is 7.82. The number of carbonyl (C=O) groups excluding carboxylic acids is 2. The molecule has 3 atom stereocenters. The maximum atomic E-state index is 14.0. The van der Waals surface area contributed by atoms with Crippen LogP contribution in [0.1, 0.15) is 34.6 Å². The first-order valence-electron chi connectivity index (χ1n) is 10.6. The van der Waals surface area contributed by atoms with Crippen molar-refractivity contribution in [2.24, 2.45) is 5.92 Å². The van der Waals surface area contributed by atoms with Crippen molar-refractivity contribution < 1.29 is 23.5 Å². The van der Waals surface area contributed by atoms with Crippen molar-refractivity contribution in [2.45, 2.75) is 26.0 Å². The van der Waals surface area contributed by atoms with E-state index in [0.29, 0.717) is 30.2 Å². The number of anilines is 1. The molecule has 2 aromatic rings. The van der Waals surface area contributed by atoms with Gasteiger partial charge < -0.3 is 25.0 Å². The first-order valence-corrected chi connectivity index (χ1v) is 10.6. The Bertz CT molecular complexity index is 968. The average molecular weight is 444 g/mol. The number of amides is 2. The lowest BCUT2D eigenvalue weighted by Crippen LogP contribution is -2.44. The molecule has 0 spiro atoms. The van der Waals surface area contributed by atoms with Crippen molar-refractivity contribution in [2.75, 3.05) is 39.2 Å². The van der Waals surface area contributed by atoms with E-state index in [-0.39, 0.29) is 29.5 Å². The fraction of sp³-hybridized carbons (Fsp3) is 0.417. The molecule has 0 bridgehead atoms. The summed E-state index contributed by atoms with van der Waals surface area (Å²) in [5.74, 6) is -0.858. The second-order valence-electron chi connectivity index (χ2n) is 8.20. The fourth-order valence-corrected chi connectivity index (χ4v) is 3.58. The molecule has 1 heterocycles. The van der Waals surface area contributed by atoms with Crippen LogP contribution in [0.3, 0.4) is 0 Å². The zero-order valence-electron chi connectivity index (χ0n) is 18.9. The Hall–Kier alpha value is -2.97. The van der Waals surface area contributed by atoms with E-state index < -0.39 is 11.7 Å². The molecule has 8 heteroatoms. The number of hydrogen-bond acceptors (Lipinski definition) is 5. The van der Waals surface area contributed by atoms with Crippen molar-refractivity contribution in [1.29, 1.82) is 0 Å². The predicted molar refractivity (Wildman–Crippen MR) is 121 cm³/mol. The summed E-state index contributed by atoms with van der Waals surface area (Å²) in [6.45, 7) is 5.59. The lowest BCUT2D eigenvalue weighted by molar-refractivity contribution is 0.0281. The van der Waals surface area contributed by atoms with Crippen LogP contribution >= 0.6 is 0 Å². The number of benzene rings is 2. The molecule has 2 aromatic carbocycles. The molecule has 1 aliphatic rings. The lowest BCUT2D eigenvalue weighted by Gasteiger charge is -2.30. The highest BCUT2D eigenvalue weighted by Crippen LogP contribution is 2.26. The minimum absolute atomic E-state index is 0.0653. The third kappa shape index (κ3) is 5.63. The molecule has 2 N–H and O–H groups in total. The van der Waals surface area contributed by atoms with Crippen LogP contribution in [0.5, 0.6) is 5.75 Å². The summed E-state index contributed by atoms with van der Waals surface area (Å²) in [7, 11) is 3.35. The molecule has 1 aliphatic heterocycles. The third-order valence-corrected chi connectivity index (χ3v) is 5.60. The Balaban J connectivity index is 1.90. The number of methoxy groups -OCH3 is 1. The van der Waals surface area contributed by atoms with Gasteiger partial charge in [-0.2, -0.15) is 0 Å². The number of likely N-dealkylation sites (N-methyl/N-ethyl adjacent to an activating group) is 1. The molecule has 7 nitrogen and oxygen atoms in total. The van der Waals surface area contributed by atoms with Gasteiger partial charge in [0.05, 0.1) is 17.2 Å². The first kappa shape index (κ1) is 23.7. The maximum absolute atomic E-state index is 14.0. The SMILES string of the molecule is CO[C@H]1CN(C)C(=O)c2cc(NC(=O)c3ccccc3F)ccc2OC[C@H](C)NC[C@H]1C. The highest BCUT2D eigenvalue weighted by Gasteiger charge is 2.26. The lowest BCUT2D eigenvalue weighted by atomic mass is 10.0. The van der Waals surface area contributed by atoms with Gasteiger partial charge >= 0.3 is 0 Å². The number of nitrogens with one attached hydrogen (secondary N) is 2. The summed E-state index contributed by atoms with van der Waals surface area (Å²) in [4.78, 5) is 27.4. The monoisotopic (exact) mass is 443 g/mol. The molecule has 0 saturated heterocycles. The minimum Gasteiger partial charge on any atom is -0.491 e. The van der Waals surface area contributed by atoms with Crippen LogP contribution in [0, 0.1) is 11.7 Å². The van der Waals surface area contributed by atoms with Crippen LogP contribution in [-0.2, 0) is 4.74 Å². The van der Waals surface area contributed by atoms with Crippen molar-refractivity contribution >= 4 is 17.5 Å². The average Bonchev–Trinajstić information content (AvgIpc) is 2.78. The van der Waals surface area contributed by atoms with E-state index in [9.17, 15) is 14.0 Å². The smallest absolute Gasteiger partial charge is 0.258 e. The van der Waals surface area contributed by atoms with Gasteiger partial charge in [0, 0.05) is 39.0 Å². The summed E-state index contributed by atoms with van der Waals surface area (Å²) < 4.78 is 25.5. The van der Waals surface area contributed by atoms with E-state index in [1.165, 1.54) is 18.2 Å². The number of carbonyl (C=O) groups is 2. The topological polar surface area (TPSA) is 79.9 Å². The largest absolute Gasteiger partial charge is 0.491 e. The molecular formula is C24H30FN3O4. The van der Waals surface area contributed by atoms with Gasteiger partial charge in [-0.15, -0.1) is 0 Å². The second kappa shape index (κ2) is 10.6. The Morgan fingerprint density at radius 2 is 2.00 bits per heavy atom. The molecule has 3 rings (SSSR count). The molecule has 32 heavy (non-hydrogen) atoms. The van der Waals surface area contributed by atoms with Crippen LogP contribution in [0.2, 0.25) is 0 Å². The Morgan fingerprint density at radius 3 is 2.72 bits per heavy atom. The molecule has 0 fully saturated rings. The fourth-order valence-electron chi connectivity index (χ4n) is 3.58. The summed E-state index contributed by atoms with van der Waals surface area (Å²) in [6, 6.07) is 10.6. The van der Waals surface area contributed by atoms with Crippen molar-refractivity contribution in [3.05, 3.63) is 59.4 Å². The molecule has 0 unspecified atom stereocenters. The number of nitrogens with zero attached hydrogens (tertiary/aromatic N) is 1. The Morgan fingerprint density at radius 1 is 1.25 bits per heavy atom. The van der Waals surface area contributed by atoms with Crippen molar-refractivity contribution in [3.8, 4) is 5.75 Å². The zero-order valence-corrected chi connectivity index (χ0v) is 18.9. The minimum atomic E-state index is -0.614. The number of hydrogen-bond donors (Lipinski definition) is 2. The molecule has 0 saturated carbocycles. The molecule has 172 valence electrons.